The standard InChI is InChI=1S/C22H28N6O2/c1-16-3-5-17(6-4-16)21-24-20(30-26-21)14-28-11-9-27(10-12-28)13-19(29)25-22(2,15-23)18-7-8-18/h3-6,18H,7-14H2,1-2H3,(H,25,29). The highest BCUT2D eigenvalue weighted by atomic mass is 16.5. The molecule has 1 aromatic carbocycles. The summed E-state index contributed by atoms with van der Waals surface area (Å²) in [5.74, 6) is 1.43. The molecule has 2 aromatic rings. The first-order valence-electron chi connectivity index (χ1n) is 10.5. The van der Waals surface area contributed by atoms with Gasteiger partial charge in [-0.15, -0.1) is 0 Å². The van der Waals surface area contributed by atoms with Crippen molar-refractivity contribution in [1.29, 1.82) is 5.26 Å². The van der Waals surface area contributed by atoms with Crippen LogP contribution in [0.25, 0.3) is 11.4 Å². The van der Waals surface area contributed by atoms with Gasteiger partial charge in [-0.05, 0) is 32.6 Å². The van der Waals surface area contributed by atoms with Crippen LogP contribution in [-0.4, -0.2) is 64.1 Å². The van der Waals surface area contributed by atoms with E-state index in [9.17, 15) is 10.1 Å². The third-order valence-corrected chi connectivity index (χ3v) is 5.99. The SMILES string of the molecule is Cc1ccc(-c2noc(CN3CCN(CC(=O)NC(C)(C#N)C4CC4)CC3)n2)cc1. The third kappa shape index (κ3) is 4.86. The maximum Gasteiger partial charge on any atom is 0.241 e. The van der Waals surface area contributed by atoms with Crippen LogP contribution in [0.1, 0.15) is 31.2 Å². The minimum atomic E-state index is -0.730. The number of nitriles is 1. The molecule has 4 rings (SSSR count). The third-order valence-electron chi connectivity index (χ3n) is 5.99. The highest BCUT2D eigenvalue weighted by Crippen LogP contribution is 2.39. The molecule has 2 aliphatic rings. The fourth-order valence-corrected chi connectivity index (χ4v) is 3.85. The molecule has 2 heterocycles. The Morgan fingerprint density at radius 1 is 1.23 bits per heavy atom. The molecule has 158 valence electrons. The Labute approximate surface area is 176 Å². The van der Waals surface area contributed by atoms with Gasteiger partial charge in [-0.3, -0.25) is 14.6 Å². The summed E-state index contributed by atoms with van der Waals surface area (Å²) in [6.45, 7) is 8.04. The van der Waals surface area contributed by atoms with E-state index in [-0.39, 0.29) is 5.91 Å². The summed E-state index contributed by atoms with van der Waals surface area (Å²) in [6.07, 6.45) is 2.04. The van der Waals surface area contributed by atoms with Crippen molar-refractivity contribution in [2.24, 2.45) is 5.92 Å². The predicted octanol–water partition coefficient (Wildman–Crippen LogP) is 1.97. The molecule has 1 aliphatic carbocycles. The molecule has 0 spiro atoms. The van der Waals surface area contributed by atoms with E-state index in [0.29, 0.717) is 30.7 Å². The van der Waals surface area contributed by atoms with Gasteiger partial charge in [0, 0.05) is 31.7 Å². The van der Waals surface area contributed by atoms with Crippen LogP contribution in [0.2, 0.25) is 0 Å². The van der Waals surface area contributed by atoms with Crippen molar-refractivity contribution in [2.45, 2.75) is 38.8 Å². The van der Waals surface area contributed by atoms with Gasteiger partial charge in [0.05, 0.1) is 19.2 Å². The van der Waals surface area contributed by atoms with Gasteiger partial charge in [0.15, 0.2) is 0 Å². The quantitative estimate of drug-likeness (QED) is 0.748. The summed E-state index contributed by atoms with van der Waals surface area (Å²) in [7, 11) is 0. The lowest BCUT2D eigenvalue weighted by atomic mass is 9.98. The van der Waals surface area contributed by atoms with Gasteiger partial charge in [-0.1, -0.05) is 35.0 Å². The number of nitrogens with zero attached hydrogens (tertiary/aromatic N) is 5. The second-order valence-electron chi connectivity index (χ2n) is 8.57. The van der Waals surface area contributed by atoms with Crippen molar-refractivity contribution in [2.75, 3.05) is 32.7 Å². The second kappa shape index (κ2) is 8.54. The van der Waals surface area contributed by atoms with E-state index in [1.807, 2.05) is 38.1 Å². The van der Waals surface area contributed by atoms with Gasteiger partial charge < -0.3 is 9.84 Å². The maximum atomic E-state index is 12.4. The molecular formula is C22H28N6O2. The van der Waals surface area contributed by atoms with Gasteiger partial charge in [0.1, 0.15) is 5.54 Å². The molecule has 30 heavy (non-hydrogen) atoms. The minimum absolute atomic E-state index is 0.0703. The Bertz CT molecular complexity index is 922. The van der Waals surface area contributed by atoms with E-state index >= 15 is 0 Å². The van der Waals surface area contributed by atoms with E-state index in [1.54, 1.807) is 0 Å². The van der Waals surface area contributed by atoms with Crippen molar-refractivity contribution in [3.8, 4) is 17.5 Å². The maximum absolute atomic E-state index is 12.4. The van der Waals surface area contributed by atoms with Gasteiger partial charge in [0.2, 0.25) is 17.6 Å². The predicted molar refractivity (Wildman–Crippen MR) is 111 cm³/mol. The lowest BCUT2D eigenvalue weighted by molar-refractivity contribution is -0.124. The van der Waals surface area contributed by atoms with E-state index in [2.05, 4.69) is 31.3 Å². The molecule has 1 saturated carbocycles. The normalized spacial score (nSPS) is 19.8. The molecule has 0 bridgehead atoms. The molecule has 0 radical (unpaired) electrons. The van der Waals surface area contributed by atoms with Crippen LogP contribution in [0.4, 0.5) is 0 Å². The fraction of sp³-hybridized carbons (Fsp3) is 0.545. The lowest BCUT2D eigenvalue weighted by Gasteiger charge is -2.34. The Kier molecular flexibility index (Phi) is 5.84. The zero-order chi connectivity index (χ0) is 21.1. The van der Waals surface area contributed by atoms with Gasteiger partial charge in [0.25, 0.3) is 0 Å². The van der Waals surface area contributed by atoms with E-state index in [0.717, 1.165) is 44.6 Å². The number of hydrogen-bond acceptors (Lipinski definition) is 7. The van der Waals surface area contributed by atoms with Crippen LogP contribution in [0.3, 0.4) is 0 Å². The zero-order valence-electron chi connectivity index (χ0n) is 17.6. The van der Waals surface area contributed by atoms with E-state index in [4.69, 9.17) is 4.52 Å². The number of carbonyl (C=O) groups excluding carboxylic acids is 1. The Morgan fingerprint density at radius 3 is 2.53 bits per heavy atom. The first kappa shape index (κ1) is 20.5. The van der Waals surface area contributed by atoms with Crippen LogP contribution in [0, 0.1) is 24.2 Å². The molecule has 1 amide bonds. The molecule has 1 aromatic heterocycles. The fourth-order valence-electron chi connectivity index (χ4n) is 3.85. The number of carbonyl (C=O) groups is 1. The largest absolute Gasteiger partial charge is 0.338 e. The van der Waals surface area contributed by atoms with Crippen molar-refractivity contribution in [3.63, 3.8) is 0 Å². The summed E-state index contributed by atoms with van der Waals surface area (Å²) in [4.78, 5) is 21.3. The number of nitrogens with one attached hydrogen (secondary N) is 1. The molecule has 8 nitrogen and oxygen atoms in total. The number of aryl methyl sites for hydroxylation is 1. The summed E-state index contributed by atoms with van der Waals surface area (Å²) >= 11 is 0. The second-order valence-corrected chi connectivity index (χ2v) is 8.57. The molecule has 1 unspecified atom stereocenters. The van der Waals surface area contributed by atoms with Crippen molar-refractivity contribution < 1.29 is 9.32 Å². The van der Waals surface area contributed by atoms with Gasteiger partial charge in [-0.25, -0.2) is 0 Å². The minimum Gasteiger partial charge on any atom is -0.338 e. The van der Waals surface area contributed by atoms with E-state index in [1.165, 1.54) is 5.56 Å². The molecule has 8 heteroatoms. The molecule has 1 N–H and O–H groups in total. The number of piperazine rings is 1. The number of aromatic nitrogens is 2. The summed E-state index contributed by atoms with van der Waals surface area (Å²) in [5.41, 5.74) is 1.41. The number of amides is 1. The topological polar surface area (TPSA) is 98.3 Å². The van der Waals surface area contributed by atoms with Crippen molar-refractivity contribution in [1.82, 2.24) is 25.3 Å². The number of hydrogen-bond donors (Lipinski definition) is 1. The van der Waals surface area contributed by atoms with Crippen LogP contribution < -0.4 is 5.32 Å². The molecule has 1 saturated heterocycles. The smallest absolute Gasteiger partial charge is 0.241 e. The highest BCUT2D eigenvalue weighted by molar-refractivity contribution is 5.79. The first-order chi connectivity index (χ1) is 14.4. The lowest BCUT2D eigenvalue weighted by Crippen LogP contribution is -2.53. The van der Waals surface area contributed by atoms with Crippen LogP contribution in [0.15, 0.2) is 28.8 Å². The number of rotatable bonds is 7. The highest BCUT2D eigenvalue weighted by Gasteiger charge is 2.43. The monoisotopic (exact) mass is 408 g/mol. The molecule has 1 atom stereocenters. The Balaban J connectivity index is 1.24. The Hall–Kier alpha value is -2.76. The summed E-state index contributed by atoms with van der Waals surface area (Å²) in [5, 5.41) is 16.4. The molecule has 2 fully saturated rings. The summed E-state index contributed by atoms with van der Waals surface area (Å²) in [6, 6.07) is 10.3. The summed E-state index contributed by atoms with van der Waals surface area (Å²) < 4.78 is 5.43. The van der Waals surface area contributed by atoms with Gasteiger partial charge in [-0.2, -0.15) is 10.2 Å². The molecular weight excluding hydrogens is 380 g/mol. The van der Waals surface area contributed by atoms with Crippen molar-refractivity contribution in [3.05, 3.63) is 35.7 Å². The first-order valence-corrected chi connectivity index (χ1v) is 10.5. The van der Waals surface area contributed by atoms with Gasteiger partial charge >= 0.3 is 0 Å². The Morgan fingerprint density at radius 2 is 1.90 bits per heavy atom. The van der Waals surface area contributed by atoms with Crippen LogP contribution >= 0.6 is 0 Å². The average Bonchev–Trinajstić information content (AvgIpc) is 3.50. The van der Waals surface area contributed by atoms with E-state index < -0.39 is 5.54 Å². The van der Waals surface area contributed by atoms with Crippen molar-refractivity contribution >= 4 is 5.91 Å². The zero-order valence-corrected chi connectivity index (χ0v) is 17.6. The van der Waals surface area contributed by atoms with Crippen LogP contribution in [-0.2, 0) is 11.3 Å². The van der Waals surface area contributed by atoms with Crippen LogP contribution in [0.5, 0.6) is 0 Å². The molecule has 1 aliphatic heterocycles. The number of benzene rings is 1. The average molecular weight is 409 g/mol.